The molecule has 2 aromatic carbocycles. The molecule has 124 valence electrons. The smallest absolute Gasteiger partial charge is 0.331 e. The quantitative estimate of drug-likeness (QED) is 0.937. The van der Waals surface area contributed by atoms with Gasteiger partial charge in [-0.1, -0.05) is 36.4 Å². The van der Waals surface area contributed by atoms with Crippen molar-refractivity contribution in [2.75, 3.05) is 13.7 Å². The Bertz CT molecular complexity index is 754. The second-order valence-electron chi connectivity index (χ2n) is 5.80. The van der Waals surface area contributed by atoms with Gasteiger partial charge >= 0.3 is 5.97 Å². The maximum Gasteiger partial charge on any atom is 0.331 e. The van der Waals surface area contributed by atoms with Gasteiger partial charge in [0.2, 0.25) is 5.91 Å². The SMILES string of the molecule is COc1ccc(CC(=O)N2CCc3ccccc3C2C(=O)O)cc1. The van der Waals surface area contributed by atoms with Gasteiger partial charge in [0.15, 0.2) is 6.04 Å². The third-order valence-corrected chi connectivity index (χ3v) is 4.35. The molecule has 2 aromatic rings. The van der Waals surface area contributed by atoms with E-state index in [1.165, 1.54) is 4.90 Å². The number of carbonyl (C=O) groups is 2. The summed E-state index contributed by atoms with van der Waals surface area (Å²) < 4.78 is 5.10. The van der Waals surface area contributed by atoms with Gasteiger partial charge in [-0.2, -0.15) is 0 Å². The third-order valence-electron chi connectivity index (χ3n) is 4.35. The Balaban J connectivity index is 1.82. The first-order valence-electron chi connectivity index (χ1n) is 7.83. The number of hydrogen-bond acceptors (Lipinski definition) is 3. The normalized spacial score (nSPS) is 16.4. The summed E-state index contributed by atoms with van der Waals surface area (Å²) >= 11 is 0. The van der Waals surface area contributed by atoms with E-state index < -0.39 is 12.0 Å². The van der Waals surface area contributed by atoms with Crippen LogP contribution in [0.4, 0.5) is 0 Å². The topological polar surface area (TPSA) is 66.8 Å². The summed E-state index contributed by atoms with van der Waals surface area (Å²) in [4.78, 5) is 25.9. The molecule has 1 heterocycles. The van der Waals surface area contributed by atoms with Crippen LogP contribution in [0.3, 0.4) is 0 Å². The van der Waals surface area contributed by atoms with Crippen LogP contribution in [-0.2, 0) is 22.4 Å². The summed E-state index contributed by atoms with van der Waals surface area (Å²) in [6, 6.07) is 13.7. The molecule has 5 nitrogen and oxygen atoms in total. The molecule has 0 aromatic heterocycles. The zero-order valence-electron chi connectivity index (χ0n) is 13.4. The number of ether oxygens (including phenoxy) is 1. The van der Waals surface area contributed by atoms with Crippen LogP contribution in [-0.4, -0.2) is 35.5 Å². The highest BCUT2D eigenvalue weighted by molar-refractivity contribution is 5.86. The average molecular weight is 325 g/mol. The van der Waals surface area contributed by atoms with E-state index in [-0.39, 0.29) is 12.3 Å². The molecule has 0 aliphatic carbocycles. The number of fused-ring (bicyclic) bond motifs is 1. The first-order valence-corrected chi connectivity index (χ1v) is 7.83. The molecule has 0 saturated heterocycles. The second-order valence-corrected chi connectivity index (χ2v) is 5.80. The fraction of sp³-hybridized carbons (Fsp3) is 0.263. The van der Waals surface area contributed by atoms with Gasteiger partial charge < -0.3 is 14.7 Å². The number of amides is 1. The van der Waals surface area contributed by atoms with Crippen LogP contribution >= 0.6 is 0 Å². The predicted octanol–water partition coefficient (Wildman–Crippen LogP) is 2.45. The molecule has 0 bridgehead atoms. The number of rotatable bonds is 4. The Morgan fingerprint density at radius 1 is 1.17 bits per heavy atom. The highest BCUT2D eigenvalue weighted by Crippen LogP contribution is 2.30. The van der Waals surface area contributed by atoms with Gasteiger partial charge in [-0.3, -0.25) is 4.79 Å². The number of nitrogens with zero attached hydrogens (tertiary/aromatic N) is 1. The molecular formula is C19H19NO4. The second kappa shape index (κ2) is 6.74. The van der Waals surface area contributed by atoms with Crippen molar-refractivity contribution in [1.82, 2.24) is 4.90 Å². The molecule has 1 aliphatic rings. The van der Waals surface area contributed by atoms with Crippen molar-refractivity contribution < 1.29 is 19.4 Å². The maximum absolute atomic E-state index is 12.7. The average Bonchev–Trinajstić information content (AvgIpc) is 2.61. The summed E-state index contributed by atoms with van der Waals surface area (Å²) in [7, 11) is 1.59. The fourth-order valence-electron chi connectivity index (χ4n) is 3.12. The molecule has 1 unspecified atom stereocenters. The van der Waals surface area contributed by atoms with E-state index in [0.717, 1.165) is 16.9 Å². The van der Waals surface area contributed by atoms with Crippen LogP contribution < -0.4 is 4.74 Å². The third kappa shape index (κ3) is 3.11. The van der Waals surface area contributed by atoms with Crippen molar-refractivity contribution in [1.29, 1.82) is 0 Å². The first-order chi connectivity index (χ1) is 11.6. The molecule has 24 heavy (non-hydrogen) atoms. The number of carboxylic acids is 1. The van der Waals surface area contributed by atoms with Crippen molar-refractivity contribution >= 4 is 11.9 Å². The van der Waals surface area contributed by atoms with Gasteiger partial charge in [-0.25, -0.2) is 4.79 Å². The maximum atomic E-state index is 12.7. The molecule has 1 aliphatic heterocycles. The number of carbonyl (C=O) groups excluding carboxylic acids is 1. The van der Waals surface area contributed by atoms with E-state index in [1.54, 1.807) is 25.3 Å². The lowest BCUT2D eigenvalue weighted by Gasteiger charge is -2.34. The molecule has 0 spiro atoms. The van der Waals surface area contributed by atoms with Gasteiger partial charge in [0.05, 0.1) is 13.5 Å². The molecular weight excluding hydrogens is 306 g/mol. The molecule has 5 heteroatoms. The highest BCUT2D eigenvalue weighted by Gasteiger charge is 2.35. The van der Waals surface area contributed by atoms with Gasteiger partial charge in [-0.15, -0.1) is 0 Å². The van der Waals surface area contributed by atoms with Crippen molar-refractivity contribution in [3.63, 3.8) is 0 Å². The number of benzene rings is 2. The van der Waals surface area contributed by atoms with Crippen molar-refractivity contribution in [2.24, 2.45) is 0 Å². The summed E-state index contributed by atoms with van der Waals surface area (Å²) in [5, 5.41) is 9.63. The molecule has 1 atom stereocenters. The zero-order chi connectivity index (χ0) is 17.1. The predicted molar refractivity (Wildman–Crippen MR) is 88.9 cm³/mol. The van der Waals surface area contributed by atoms with Crippen molar-refractivity contribution in [2.45, 2.75) is 18.9 Å². The fourth-order valence-corrected chi connectivity index (χ4v) is 3.12. The minimum Gasteiger partial charge on any atom is -0.497 e. The minimum atomic E-state index is -0.995. The van der Waals surface area contributed by atoms with Crippen molar-refractivity contribution in [3.8, 4) is 5.75 Å². The van der Waals surface area contributed by atoms with Crippen LogP contribution in [0.25, 0.3) is 0 Å². The highest BCUT2D eigenvalue weighted by atomic mass is 16.5. The van der Waals surface area contributed by atoms with Crippen LogP contribution in [0.5, 0.6) is 5.75 Å². The van der Waals surface area contributed by atoms with Crippen LogP contribution in [0, 0.1) is 0 Å². The van der Waals surface area contributed by atoms with Gasteiger partial charge in [0.1, 0.15) is 5.75 Å². The van der Waals surface area contributed by atoms with Gasteiger partial charge in [0.25, 0.3) is 0 Å². The van der Waals surface area contributed by atoms with Crippen molar-refractivity contribution in [3.05, 3.63) is 65.2 Å². The van der Waals surface area contributed by atoms with E-state index in [9.17, 15) is 14.7 Å². The molecule has 3 rings (SSSR count). The number of hydrogen-bond donors (Lipinski definition) is 1. The van der Waals surface area contributed by atoms with Crippen LogP contribution in [0.15, 0.2) is 48.5 Å². The Morgan fingerprint density at radius 3 is 2.54 bits per heavy atom. The molecule has 0 saturated carbocycles. The van der Waals surface area contributed by atoms with E-state index >= 15 is 0 Å². The van der Waals surface area contributed by atoms with Gasteiger partial charge in [0, 0.05) is 6.54 Å². The molecule has 1 amide bonds. The zero-order valence-corrected chi connectivity index (χ0v) is 13.4. The summed E-state index contributed by atoms with van der Waals surface area (Å²) in [6.07, 6.45) is 0.851. The minimum absolute atomic E-state index is 0.177. The summed E-state index contributed by atoms with van der Waals surface area (Å²) in [5.41, 5.74) is 2.54. The lowest BCUT2D eigenvalue weighted by atomic mass is 9.92. The molecule has 1 N–H and O–H groups in total. The molecule has 0 radical (unpaired) electrons. The Kier molecular flexibility index (Phi) is 4.51. The summed E-state index contributed by atoms with van der Waals surface area (Å²) in [5.74, 6) is -0.450. The number of aliphatic carboxylic acids is 1. The lowest BCUT2D eigenvalue weighted by molar-refractivity contribution is -0.151. The number of methoxy groups -OCH3 is 1. The summed E-state index contributed by atoms with van der Waals surface area (Å²) in [6.45, 7) is 0.420. The van der Waals surface area contributed by atoms with E-state index in [1.807, 2.05) is 30.3 Å². The lowest BCUT2D eigenvalue weighted by Crippen LogP contribution is -2.44. The Morgan fingerprint density at radius 2 is 1.88 bits per heavy atom. The van der Waals surface area contributed by atoms with Crippen LogP contribution in [0.2, 0.25) is 0 Å². The Labute approximate surface area is 140 Å². The van der Waals surface area contributed by atoms with E-state index in [2.05, 4.69) is 0 Å². The first kappa shape index (κ1) is 16.1. The van der Waals surface area contributed by atoms with E-state index in [4.69, 9.17) is 4.74 Å². The number of carboxylic acid groups (broad SMARTS) is 1. The molecule has 0 fully saturated rings. The standard InChI is InChI=1S/C19H19NO4/c1-24-15-8-6-13(7-9-15)12-17(21)20-11-10-14-4-2-3-5-16(14)18(20)19(22)23/h2-9,18H,10-12H2,1H3,(H,22,23). The van der Waals surface area contributed by atoms with Crippen LogP contribution in [0.1, 0.15) is 22.7 Å². The monoisotopic (exact) mass is 325 g/mol. The Hall–Kier alpha value is -2.82. The van der Waals surface area contributed by atoms with Gasteiger partial charge in [-0.05, 0) is 35.2 Å². The van der Waals surface area contributed by atoms with E-state index in [0.29, 0.717) is 18.5 Å². The largest absolute Gasteiger partial charge is 0.497 e.